The Morgan fingerprint density at radius 1 is 1.20 bits per heavy atom. The molecule has 4 heterocycles. The minimum absolute atomic E-state index is 0.181. The molecular formula is C21H15ClN8. The third-order valence-corrected chi connectivity index (χ3v) is 5.17. The zero-order valence-corrected chi connectivity index (χ0v) is 16.6. The number of hydrogen-bond acceptors (Lipinski definition) is 5. The fourth-order valence-electron chi connectivity index (χ4n) is 3.48. The van der Waals surface area contributed by atoms with E-state index in [9.17, 15) is 0 Å². The number of rotatable bonds is 4. The second-order valence-electron chi connectivity index (χ2n) is 6.76. The molecule has 0 radical (unpaired) electrons. The molecule has 0 spiro atoms. The molecule has 9 heteroatoms. The van der Waals surface area contributed by atoms with Crippen LogP contribution in [0.1, 0.15) is 18.5 Å². The lowest BCUT2D eigenvalue weighted by atomic mass is 10.0. The Kier molecular flexibility index (Phi) is 4.30. The van der Waals surface area contributed by atoms with E-state index in [1.54, 1.807) is 16.9 Å². The van der Waals surface area contributed by atoms with E-state index in [2.05, 4.69) is 30.1 Å². The van der Waals surface area contributed by atoms with Gasteiger partial charge in [0.1, 0.15) is 17.8 Å². The third kappa shape index (κ3) is 2.93. The summed E-state index contributed by atoms with van der Waals surface area (Å²) in [6.45, 7) is 9.43. The SMILES string of the molecule is [C-]#[N+]c1c[nH]c2ncnc(N[C@H](C)c3cc4ncc(Cl)n4nc3-c3ccccc3)c12. The van der Waals surface area contributed by atoms with Crippen LogP contribution in [0.25, 0.3) is 32.8 Å². The lowest BCUT2D eigenvalue weighted by Crippen LogP contribution is -2.12. The standard InChI is InChI=1S/C21H15ClN8/c1-12(28-21-18-15(23-2)9-25-20(18)26-11-27-21)14-8-17-24-10-16(22)30(17)29-19(14)13-6-4-3-5-7-13/h3-12H,1H3,(H2,25,26,27,28)/t12-/m1/s1. The topological polar surface area (TPSA) is 88.1 Å². The maximum Gasteiger partial charge on any atom is 0.217 e. The van der Waals surface area contributed by atoms with Crippen molar-refractivity contribution in [3.63, 3.8) is 0 Å². The number of anilines is 1. The van der Waals surface area contributed by atoms with Crippen molar-refractivity contribution in [3.8, 4) is 11.3 Å². The fraction of sp³-hybridized carbons (Fsp3) is 0.0952. The van der Waals surface area contributed by atoms with Crippen molar-refractivity contribution in [3.05, 3.63) is 77.3 Å². The van der Waals surface area contributed by atoms with Gasteiger partial charge in [0.25, 0.3) is 0 Å². The smallest absolute Gasteiger partial charge is 0.217 e. The summed E-state index contributed by atoms with van der Waals surface area (Å²) in [5.74, 6) is 0.583. The van der Waals surface area contributed by atoms with Crippen LogP contribution in [-0.2, 0) is 0 Å². The van der Waals surface area contributed by atoms with Gasteiger partial charge >= 0.3 is 0 Å². The van der Waals surface area contributed by atoms with Gasteiger partial charge in [0.05, 0.1) is 29.9 Å². The molecule has 5 aromatic rings. The molecule has 0 aliphatic rings. The number of aromatic amines is 1. The number of benzene rings is 1. The number of hydrogen-bond donors (Lipinski definition) is 2. The summed E-state index contributed by atoms with van der Waals surface area (Å²) in [5.41, 5.74) is 4.42. The summed E-state index contributed by atoms with van der Waals surface area (Å²) in [5, 5.41) is 9.28. The lowest BCUT2D eigenvalue weighted by Gasteiger charge is -2.19. The van der Waals surface area contributed by atoms with Crippen LogP contribution in [0.5, 0.6) is 0 Å². The van der Waals surface area contributed by atoms with Crippen molar-refractivity contribution in [2.75, 3.05) is 5.32 Å². The Hall–Kier alpha value is -3.96. The molecule has 8 nitrogen and oxygen atoms in total. The van der Waals surface area contributed by atoms with Crippen molar-refractivity contribution in [2.45, 2.75) is 13.0 Å². The first-order valence-electron chi connectivity index (χ1n) is 9.21. The van der Waals surface area contributed by atoms with Gasteiger partial charge in [-0.2, -0.15) is 5.10 Å². The van der Waals surface area contributed by atoms with Gasteiger partial charge in [0.15, 0.2) is 10.8 Å². The molecule has 2 N–H and O–H groups in total. The average molecular weight is 415 g/mol. The lowest BCUT2D eigenvalue weighted by molar-refractivity contribution is 0.843. The Bertz CT molecular complexity index is 1410. The van der Waals surface area contributed by atoms with Crippen LogP contribution in [0.4, 0.5) is 11.5 Å². The zero-order valence-electron chi connectivity index (χ0n) is 15.8. The monoisotopic (exact) mass is 414 g/mol. The molecule has 0 saturated heterocycles. The summed E-state index contributed by atoms with van der Waals surface area (Å²) < 4.78 is 1.62. The van der Waals surface area contributed by atoms with Crippen LogP contribution in [0, 0.1) is 6.57 Å². The highest BCUT2D eigenvalue weighted by atomic mass is 35.5. The molecule has 0 bridgehead atoms. The van der Waals surface area contributed by atoms with Gasteiger partial charge in [-0.1, -0.05) is 41.9 Å². The van der Waals surface area contributed by atoms with Crippen molar-refractivity contribution >= 4 is 39.8 Å². The van der Waals surface area contributed by atoms with E-state index in [1.807, 2.05) is 43.3 Å². The van der Waals surface area contributed by atoms with E-state index in [-0.39, 0.29) is 6.04 Å². The van der Waals surface area contributed by atoms with Crippen LogP contribution in [0.2, 0.25) is 5.15 Å². The Morgan fingerprint density at radius 3 is 2.83 bits per heavy atom. The molecule has 0 saturated carbocycles. The van der Waals surface area contributed by atoms with E-state index in [0.717, 1.165) is 16.8 Å². The second kappa shape index (κ2) is 7.13. The maximum atomic E-state index is 7.41. The first-order chi connectivity index (χ1) is 14.7. The van der Waals surface area contributed by atoms with Crippen molar-refractivity contribution < 1.29 is 0 Å². The first-order valence-corrected chi connectivity index (χ1v) is 9.59. The molecule has 0 amide bonds. The predicted molar refractivity (Wildman–Crippen MR) is 116 cm³/mol. The Balaban J connectivity index is 1.64. The van der Waals surface area contributed by atoms with E-state index < -0.39 is 0 Å². The van der Waals surface area contributed by atoms with Gasteiger partial charge in [-0.05, 0) is 13.0 Å². The van der Waals surface area contributed by atoms with Crippen LogP contribution >= 0.6 is 11.6 Å². The number of halogens is 1. The molecule has 1 aromatic carbocycles. The molecule has 0 aliphatic carbocycles. The van der Waals surface area contributed by atoms with Crippen molar-refractivity contribution in [1.29, 1.82) is 0 Å². The van der Waals surface area contributed by atoms with Crippen LogP contribution in [0.15, 0.2) is 55.1 Å². The fourth-order valence-corrected chi connectivity index (χ4v) is 3.65. The quantitative estimate of drug-likeness (QED) is 0.402. The number of H-pyrrole nitrogens is 1. The van der Waals surface area contributed by atoms with Gasteiger partial charge < -0.3 is 10.3 Å². The van der Waals surface area contributed by atoms with Gasteiger partial charge in [0.2, 0.25) is 5.69 Å². The van der Waals surface area contributed by atoms with Crippen LogP contribution < -0.4 is 5.32 Å². The minimum Gasteiger partial charge on any atom is -0.364 e. The van der Waals surface area contributed by atoms with Gasteiger partial charge in [-0.15, -0.1) is 0 Å². The number of fused-ring (bicyclic) bond motifs is 2. The normalized spacial score (nSPS) is 12.2. The molecule has 0 aliphatic heterocycles. The summed E-state index contributed by atoms with van der Waals surface area (Å²) in [7, 11) is 0. The van der Waals surface area contributed by atoms with Gasteiger partial charge in [0, 0.05) is 17.3 Å². The van der Waals surface area contributed by atoms with E-state index in [4.69, 9.17) is 23.3 Å². The Labute approximate surface area is 176 Å². The minimum atomic E-state index is -0.181. The molecular weight excluding hydrogens is 400 g/mol. The van der Waals surface area contributed by atoms with Crippen LogP contribution in [-0.4, -0.2) is 29.5 Å². The number of imidazole rings is 1. The van der Waals surface area contributed by atoms with Gasteiger partial charge in [-0.3, -0.25) is 0 Å². The summed E-state index contributed by atoms with van der Waals surface area (Å²) in [6, 6.07) is 11.7. The van der Waals surface area contributed by atoms with Crippen molar-refractivity contribution in [1.82, 2.24) is 29.5 Å². The summed E-state index contributed by atoms with van der Waals surface area (Å²) in [6.07, 6.45) is 4.68. The summed E-state index contributed by atoms with van der Waals surface area (Å²) in [4.78, 5) is 19.5. The Morgan fingerprint density at radius 2 is 2.03 bits per heavy atom. The molecule has 0 fully saturated rings. The zero-order chi connectivity index (χ0) is 20.7. The van der Waals surface area contributed by atoms with E-state index >= 15 is 0 Å². The highest BCUT2D eigenvalue weighted by Crippen LogP contribution is 2.34. The molecule has 1 atom stereocenters. The summed E-state index contributed by atoms with van der Waals surface area (Å²) >= 11 is 6.25. The highest BCUT2D eigenvalue weighted by molar-refractivity contribution is 6.29. The predicted octanol–water partition coefficient (Wildman–Crippen LogP) is 5.04. The van der Waals surface area contributed by atoms with E-state index in [0.29, 0.717) is 33.3 Å². The molecule has 146 valence electrons. The second-order valence-corrected chi connectivity index (χ2v) is 7.15. The maximum absolute atomic E-state index is 7.41. The molecule has 30 heavy (non-hydrogen) atoms. The third-order valence-electron chi connectivity index (χ3n) is 4.92. The van der Waals surface area contributed by atoms with E-state index in [1.165, 1.54) is 6.33 Å². The number of nitrogens with one attached hydrogen (secondary N) is 2. The van der Waals surface area contributed by atoms with Crippen molar-refractivity contribution in [2.24, 2.45) is 0 Å². The molecule has 5 rings (SSSR count). The van der Waals surface area contributed by atoms with Crippen LogP contribution in [0.3, 0.4) is 0 Å². The van der Waals surface area contributed by atoms with Gasteiger partial charge in [-0.25, -0.2) is 24.3 Å². The molecule has 0 unspecified atom stereocenters. The largest absolute Gasteiger partial charge is 0.364 e. The first kappa shape index (κ1) is 18.1. The molecule has 4 aromatic heterocycles. The average Bonchev–Trinajstić information content (AvgIpc) is 3.37. The number of aromatic nitrogens is 6. The highest BCUT2D eigenvalue weighted by Gasteiger charge is 2.19. The number of nitrogens with zero attached hydrogens (tertiary/aromatic N) is 6.